The van der Waals surface area contributed by atoms with E-state index < -0.39 is 0 Å². The van der Waals surface area contributed by atoms with Crippen LogP contribution in [0.4, 0.5) is 0 Å². The first-order chi connectivity index (χ1) is 13.6. The van der Waals surface area contributed by atoms with Crippen LogP contribution in [0.25, 0.3) is 5.69 Å². The SMILES string of the molecule is CSc1ccc2c(c1)C(c1ccccc1)=NCc1nnc(CC(C)N(C)C)n1-2. The molecule has 5 nitrogen and oxygen atoms in total. The van der Waals surface area contributed by atoms with Crippen LogP contribution in [0.3, 0.4) is 0 Å². The molecular formula is C22H25N5S. The van der Waals surface area contributed by atoms with E-state index >= 15 is 0 Å². The van der Waals surface area contributed by atoms with E-state index in [0.717, 1.165) is 40.6 Å². The molecule has 0 N–H and O–H groups in total. The van der Waals surface area contributed by atoms with Gasteiger partial charge in [-0.1, -0.05) is 30.3 Å². The first-order valence-electron chi connectivity index (χ1n) is 9.46. The van der Waals surface area contributed by atoms with Crippen LogP contribution in [0.5, 0.6) is 0 Å². The summed E-state index contributed by atoms with van der Waals surface area (Å²) in [6, 6.07) is 17.4. The predicted octanol–water partition coefficient (Wildman–Crippen LogP) is 3.83. The molecule has 0 spiro atoms. The quantitative estimate of drug-likeness (QED) is 0.620. The van der Waals surface area contributed by atoms with Gasteiger partial charge >= 0.3 is 0 Å². The summed E-state index contributed by atoms with van der Waals surface area (Å²) in [4.78, 5) is 8.39. The predicted molar refractivity (Wildman–Crippen MR) is 116 cm³/mol. The summed E-state index contributed by atoms with van der Waals surface area (Å²) < 4.78 is 2.21. The normalized spacial score (nSPS) is 14.2. The maximum absolute atomic E-state index is 4.95. The number of benzene rings is 2. The number of aromatic nitrogens is 3. The molecule has 2 heterocycles. The molecule has 2 aromatic carbocycles. The van der Waals surface area contributed by atoms with Crippen molar-refractivity contribution in [3.63, 3.8) is 0 Å². The first kappa shape index (κ1) is 18.9. The molecule has 0 fully saturated rings. The maximum atomic E-state index is 4.95. The molecule has 6 heteroatoms. The third kappa shape index (κ3) is 3.50. The Morgan fingerprint density at radius 3 is 2.61 bits per heavy atom. The molecule has 1 aromatic heterocycles. The molecule has 0 saturated heterocycles. The number of fused-ring (bicyclic) bond motifs is 3. The minimum absolute atomic E-state index is 0.375. The average molecular weight is 392 g/mol. The lowest BCUT2D eigenvalue weighted by Crippen LogP contribution is -2.28. The average Bonchev–Trinajstić information content (AvgIpc) is 3.02. The highest BCUT2D eigenvalue weighted by Crippen LogP contribution is 2.29. The van der Waals surface area contributed by atoms with E-state index in [2.05, 4.69) is 89.4 Å². The fraction of sp³-hybridized carbons (Fsp3) is 0.318. The highest BCUT2D eigenvalue weighted by Gasteiger charge is 2.24. The van der Waals surface area contributed by atoms with Crippen molar-refractivity contribution in [1.82, 2.24) is 19.7 Å². The van der Waals surface area contributed by atoms with E-state index in [9.17, 15) is 0 Å². The Hall–Kier alpha value is -2.44. The molecule has 0 radical (unpaired) electrons. The van der Waals surface area contributed by atoms with Gasteiger partial charge in [0.25, 0.3) is 0 Å². The molecule has 28 heavy (non-hydrogen) atoms. The van der Waals surface area contributed by atoms with Crippen molar-refractivity contribution in [2.75, 3.05) is 20.4 Å². The van der Waals surface area contributed by atoms with Gasteiger partial charge in [0.05, 0.1) is 11.4 Å². The lowest BCUT2D eigenvalue weighted by molar-refractivity contribution is 0.307. The van der Waals surface area contributed by atoms with E-state index in [4.69, 9.17) is 4.99 Å². The Morgan fingerprint density at radius 2 is 1.89 bits per heavy atom. The molecule has 4 rings (SSSR count). The van der Waals surface area contributed by atoms with Crippen molar-refractivity contribution in [3.05, 3.63) is 71.3 Å². The van der Waals surface area contributed by atoms with Crippen LogP contribution < -0.4 is 0 Å². The van der Waals surface area contributed by atoms with Crippen molar-refractivity contribution in [2.24, 2.45) is 4.99 Å². The molecule has 0 aliphatic carbocycles. The van der Waals surface area contributed by atoms with Crippen LogP contribution in [0, 0.1) is 0 Å². The highest BCUT2D eigenvalue weighted by molar-refractivity contribution is 7.98. The number of likely N-dealkylation sites (N-methyl/N-ethyl adjacent to an activating group) is 1. The number of thioether (sulfide) groups is 1. The first-order valence-corrected chi connectivity index (χ1v) is 10.7. The molecule has 0 saturated carbocycles. The van der Waals surface area contributed by atoms with Crippen molar-refractivity contribution < 1.29 is 0 Å². The number of hydrogen-bond donors (Lipinski definition) is 0. The molecule has 144 valence electrons. The van der Waals surface area contributed by atoms with Gasteiger partial charge in [0.15, 0.2) is 5.82 Å². The summed E-state index contributed by atoms with van der Waals surface area (Å²) in [6.45, 7) is 2.73. The second-order valence-corrected chi connectivity index (χ2v) is 8.18. The smallest absolute Gasteiger partial charge is 0.159 e. The number of aliphatic imine (C=N–C) groups is 1. The van der Waals surface area contributed by atoms with Crippen LogP contribution in [0.1, 0.15) is 29.7 Å². The van der Waals surface area contributed by atoms with Crippen LogP contribution in [-0.4, -0.2) is 51.8 Å². The monoisotopic (exact) mass is 391 g/mol. The fourth-order valence-electron chi connectivity index (χ4n) is 3.42. The number of hydrogen-bond acceptors (Lipinski definition) is 5. The standard InChI is InChI=1S/C22H25N5S/c1-15(26(2)3)12-20-24-25-21-14-23-22(16-8-6-5-7-9-16)18-13-17(28-4)10-11-19(18)27(20)21/h5-11,13,15H,12,14H2,1-4H3. The zero-order valence-corrected chi connectivity index (χ0v) is 17.6. The third-order valence-corrected chi connectivity index (χ3v) is 6.01. The Balaban J connectivity index is 1.88. The lowest BCUT2D eigenvalue weighted by Gasteiger charge is -2.20. The molecule has 0 amide bonds. The molecule has 3 aromatic rings. The fourth-order valence-corrected chi connectivity index (χ4v) is 3.86. The molecule has 1 aliphatic heterocycles. The highest BCUT2D eigenvalue weighted by atomic mass is 32.2. The van der Waals surface area contributed by atoms with Gasteiger partial charge in [-0.2, -0.15) is 0 Å². The molecule has 0 bridgehead atoms. The minimum Gasteiger partial charge on any atom is -0.306 e. The molecule has 1 atom stereocenters. The number of rotatable bonds is 5. The van der Waals surface area contributed by atoms with Crippen molar-refractivity contribution in [1.29, 1.82) is 0 Å². The van der Waals surface area contributed by atoms with Crippen molar-refractivity contribution in [3.8, 4) is 5.69 Å². The second-order valence-electron chi connectivity index (χ2n) is 7.30. The van der Waals surface area contributed by atoms with Gasteiger partial charge in [-0.05, 0) is 45.5 Å². The Labute approximate surface area is 170 Å². The summed E-state index contributed by atoms with van der Waals surface area (Å²) >= 11 is 1.75. The van der Waals surface area contributed by atoms with Crippen LogP contribution in [0.15, 0.2) is 58.4 Å². The van der Waals surface area contributed by atoms with E-state index in [1.54, 1.807) is 11.8 Å². The van der Waals surface area contributed by atoms with E-state index in [-0.39, 0.29) is 0 Å². The largest absolute Gasteiger partial charge is 0.306 e. The van der Waals surface area contributed by atoms with Gasteiger partial charge < -0.3 is 4.90 Å². The van der Waals surface area contributed by atoms with Crippen LogP contribution in [-0.2, 0) is 13.0 Å². The second kappa shape index (κ2) is 7.89. The van der Waals surface area contributed by atoms with Gasteiger partial charge in [-0.25, -0.2) is 0 Å². The lowest BCUT2D eigenvalue weighted by atomic mass is 10.0. The molecular weight excluding hydrogens is 366 g/mol. The zero-order valence-electron chi connectivity index (χ0n) is 16.8. The van der Waals surface area contributed by atoms with Gasteiger partial charge in [0.2, 0.25) is 0 Å². The van der Waals surface area contributed by atoms with Gasteiger partial charge in [-0.15, -0.1) is 22.0 Å². The topological polar surface area (TPSA) is 46.3 Å². The van der Waals surface area contributed by atoms with E-state index in [1.165, 1.54) is 4.90 Å². The van der Waals surface area contributed by atoms with Crippen molar-refractivity contribution >= 4 is 17.5 Å². The summed E-state index contributed by atoms with van der Waals surface area (Å²) in [5, 5.41) is 8.99. The van der Waals surface area contributed by atoms with Gasteiger partial charge in [0, 0.05) is 28.5 Å². The van der Waals surface area contributed by atoms with E-state index in [0.29, 0.717) is 12.6 Å². The van der Waals surface area contributed by atoms with Gasteiger partial charge in [0.1, 0.15) is 12.4 Å². The number of nitrogens with zero attached hydrogens (tertiary/aromatic N) is 5. The van der Waals surface area contributed by atoms with Crippen molar-refractivity contribution in [2.45, 2.75) is 30.8 Å². The third-order valence-electron chi connectivity index (χ3n) is 5.28. The summed E-state index contributed by atoms with van der Waals surface area (Å²) in [7, 11) is 4.19. The minimum atomic E-state index is 0.375. The molecule has 1 aliphatic rings. The van der Waals surface area contributed by atoms with Gasteiger partial charge in [-0.3, -0.25) is 9.56 Å². The summed E-state index contributed by atoms with van der Waals surface area (Å²) in [5.74, 6) is 1.88. The van der Waals surface area contributed by atoms with Crippen LogP contribution in [0.2, 0.25) is 0 Å². The zero-order chi connectivity index (χ0) is 19.7. The maximum Gasteiger partial charge on any atom is 0.159 e. The molecule has 1 unspecified atom stereocenters. The van der Waals surface area contributed by atoms with E-state index in [1.807, 2.05) is 6.07 Å². The Kier molecular flexibility index (Phi) is 5.33. The summed E-state index contributed by atoms with van der Waals surface area (Å²) in [5.41, 5.74) is 4.39. The Bertz CT molecular complexity index is 1010. The summed E-state index contributed by atoms with van der Waals surface area (Å²) in [6.07, 6.45) is 2.94. The van der Waals surface area contributed by atoms with Crippen LogP contribution >= 0.6 is 11.8 Å². The Morgan fingerprint density at radius 1 is 1.11 bits per heavy atom.